The summed E-state index contributed by atoms with van der Waals surface area (Å²) >= 11 is 0. The summed E-state index contributed by atoms with van der Waals surface area (Å²) in [5.74, 6) is 0.0520. The summed E-state index contributed by atoms with van der Waals surface area (Å²) in [6.45, 7) is 5.48. The van der Waals surface area contributed by atoms with Gasteiger partial charge in [0.2, 0.25) is 5.91 Å². The van der Waals surface area contributed by atoms with E-state index in [1.165, 1.54) is 40.0 Å². The third-order valence-corrected chi connectivity index (χ3v) is 8.84. The number of hydrogen-bond acceptors (Lipinski definition) is 4. The molecule has 1 amide bonds. The largest absolute Gasteiger partial charge is 0.366 e. The second-order valence-electron chi connectivity index (χ2n) is 11.6. The Morgan fingerprint density at radius 1 is 0.825 bits per heavy atom. The fraction of sp³-hybridized carbons (Fsp3) is 0.353. The molecule has 1 aliphatic carbocycles. The number of piperidine rings is 1. The molecule has 0 atom stereocenters. The summed E-state index contributed by atoms with van der Waals surface area (Å²) < 4.78 is 13.2. The van der Waals surface area contributed by atoms with Gasteiger partial charge in [0.25, 0.3) is 0 Å². The van der Waals surface area contributed by atoms with E-state index in [-0.39, 0.29) is 11.6 Å². The number of Topliss-reactive ketones (excluding diaryl/α,β-unsaturated/α-hetero) is 1. The number of primary amides is 1. The molecule has 0 radical (unpaired) electrons. The van der Waals surface area contributed by atoms with Crippen molar-refractivity contribution in [3.8, 4) is 0 Å². The number of rotatable bonds is 8. The molecule has 206 valence electrons. The van der Waals surface area contributed by atoms with Crippen molar-refractivity contribution in [2.45, 2.75) is 45.2 Å². The van der Waals surface area contributed by atoms with Gasteiger partial charge in [-0.25, -0.2) is 4.39 Å². The highest BCUT2D eigenvalue weighted by molar-refractivity contribution is 5.98. The Hall–Kier alpha value is -3.61. The van der Waals surface area contributed by atoms with Gasteiger partial charge in [-0.15, -0.1) is 0 Å². The molecule has 2 aliphatic heterocycles. The van der Waals surface area contributed by atoms with E-state index in [9.17, 15) is 14.0 Å². The highest BCUT2D eigenvalue weighted by atomic mass is 19.1. The van der Waals surface area contributed by atoms with Gasteiger partial charge in [0.1, 0.15) is 5.82 Å². The molecule has 0 aromatic heterocycles. The Morgan fingerprint density at radius 2 is 1.48 bits per heavy atom. The Balaban J connectivity index is 1.05. The number of benzene rings is 3. The number of hydrogen-bond donors (Lipinski definition) is 1. The lowest BCUT2D eigenvalue weighted by Gasteiger charge is -2.31. The number of ketones is 1. The van der Waals surface area contributed by atoms with Gasteiger partial charge in [-0.3, -0.25) is 19.4 Å². The molecule has 3 aliphatic rings. The molecule has 2 heterocycles. The first kappa shape index (κ1) is 26.6. The van der Waals surface area contributed by atoms with Gasteiger partial charge >= 0.3 is 0 Å². The molecule has 3 aromatic rings. The molecule has 2 N–H and O–H groups in total. The van der Waals surface area contributed by atoms with E-state index in [0.29, 0.717) is 17.9 Å². The van der Waals surface area contributed by atoms with Crippen LogP contribution in [0, 0.1) is 11.7 Å². The molecule has 0 bridgehead atoms. The summed E-state index contributed by atoms with van der Waals surface area (Å²) in [6, 6.07) is 20.7. The maximum Gasteiger partial charge on any atom is 0.248 e. The molecule has 0 unspecified atom stereocenters. The second-order valence-corrected chi connectivity index (χ2v) is 11.6. The Kier molecular flexibility index (Phi) is 7.63. The zero-order chi connectivity index (χ0) is 27.6. The summed E-state index contributed by atoms with van der Waals surface area (Å²) in [6.07, 6.45) is 4.67. The van der Waals surface area contributed by atoms with E-state index in [2.05, 4.69) is 21.9 Å². The normalized spacial score (nSPS) is 18.0. The zero-order valence-corrected chi connectivity index (χ0v) is 22.9. The van der Waals surface area contributed by atoms with Crippen molar-refractivity contribution < 1.29 is 14.0 Å². The van der Waals surface area contributed by atoms with Gasteiger partial charge in [0, 0.05) is 43.7 Å². The van der Waals surface area contributed by atoms with E-state index in [0.717, 1.165) is 76.1 Å². The summed E-state index contributed by atoms with van der Waals surface area (Å²) in [7, 11) is 0. The fourth-order valence-corrected chi connectivity index (χ4v) is 6.49. The van der Waals surface area contributed by atoms with Crippen LogP contribution in [0.15, 0.2) is 72.3 Å². The molecular weight excluding hydrogens is 501 g/mol. The van der Waals surface area contributed by atoms with Crippen molar-refractivity contribution >= 4 is 17.3 Å². The van der Waals surface area contributed by atoms with Crippen LogP contribution in [0.25, 0.3) is 5.57 Å². The van der Waals surface area contributed by atoms with Crippen LogP contribution in [-0.4, -0.2) is 47.7 Å². The Morgan fingerprint density at radius 3 is 2.17 bits per heavy atom. The quantitative estimate of drug-likeness (QED) is 0.379. The number of fused-ring (bicyclic) bond motifs is 2. The summed E-state index contributed by atoms with van der Waals surface area (Å²) in [5.41, 5.74) is 14.5. The molecule has 6 heteroatoms. The van der Waals surface area contributed by atoms with Gasteiger partial charge < -0.3 is 5.73 Å². The van der Waals surface area contributed by atoms with Crippen molar-refractivity contribution in [1.29, 1.82) is 0 Å². The van der Waals surface area contributed by atoms with E-state index < -0.39 is 5.91 Å². The van der Waals surface area contributed by atoms with E-state index in [1.54, 1.807) is 12.1 Å². The molecule has 0 spiro atoms. The van der Waals surface area contributed by atoms with Gasteiger partial charge in [-0.2, -0.15) is 0 Å². The molecule has 0 saturated carbocycles. The van der Waals surface area contributed by atoms with Crippen molar-refractivity contribution in [3.05, 3.63) is 112 Å². The molecule has 3 aromatic carbocycles. The number of likely N-dealkylation sites (tertiary alicyclic amines) is 1. The first-order chi connectivity index (χ1) is 19.4. The zero-order valence-electron chi connectivity index (χ0n) is 22.9. The van der Waals surface area contributed by atoms with Gasteiger partial charge in [0.15, 0.2) is 5.78 Å². The van der Waals surface area contributed by atoms with E-state index in [1.807, 2.05) is 30.3 Å². The lowest BCUT2D eigenvalue weighted by atomic mass is 9.88. The monoisotopic (exact) mass is 537 g/mol. The highest BCUT2D eigenvalue weighted by Crippen LogP contribution is 2.39. The summed E-state index contributed by atoms with van der Waals surface area (Å²) in [4.78, 5) is 29.6. The van der Waals surface area contributed by atoms with Crippen LogP contribution >= 0.6 is 0 Å². The highest BCUT2D eigenvalue weighted by Gasteiger charge is 2.29. The van der Waals surface area contributed by atoms with Crippen LogP contribution in [0.1, 0.15) is 68.7 Å². The average molecular weight is 538 g/mol. The predicted molar refractivity (Wildman–Crippen MR) is 155 cm³/mol. The standard InChI is InChI=1S/C34H36FN3O2/c35-30-9-3-25(4-10-30)20-37-14-11-23(12-15-37)17-33(39)29-8-7-27-18-28-13-16-38(22-32(28)31(27)19-29)21-24-1-5-26(6-2-24)34(36)40/h1-10,19,23H,11-18,20-22H2,(H2,36,40). The van der Waals surface area contributed by atoms with Crippen molar-refractivity contribution in [1.82, 2.24) is 9.80 Å². The smallest absolute Gasteiger partial charge is 0.248 e. The van der Waals surface area contributed by atoms with Gasteiger partial charge in [-0.1, -0.05) is 42.0 Å². The lowest BCUT2D eigenvalue weighted by Crippen LogP contribution is -2.33. The minimum Gasteiger partial charge on any atom is -0.366 e. The first-order valence-electron chi connectivity index (χ1n) is 14.4. The molecule has 1 saturated heterocycles. The molecule has 40 heavy (non-hydrogen) atoms. The fourth-order valence-electron chi connectivity index (χ4n) is 6.49. The van der Waals surface area contributed by atoms with Crippen LogP contribution in [0.2, 0.25) is 0 Å². The first-order valence-corrected chi connectivity index (χ1v) is 14.4. The maximum absolute atomic E-state index is 13.3. The van der Waals surface area contributed by atoms with E-state index in [4.69, 9.17) is 5.73 Å². The predicted octanol–water partition coefficient (Wildman–Crippen LogP) is 5.63. The minimum absolute atomic E-state index is 0.200. The van der Waals surface area contributed by atoms with Crippen molar-refractivity contribution in [2.24, 2.45) is 11.7 Å². The average Bonchev–Trinajstić information content (AvgIpc) is 3.33. The Bertz CT molecular complexity index is 1440. The topological polar surface area (TPSA) is 66.6 Å². The van der Waals surface area contributed by atoms with Gasteiger partial charge in [0.05, 0.1) is 0 Å². The third-order valence-electron chi connectivity index (χ3n) is 8.84. The number of carbonyl (C=O) groups excluding carboxylic acids is 2. The SMILES string of the molecule is NC(=O)c1ccc(CN2CCC3=C(C2)c2cc(C(=O)CC4CCN(Cc5ccc(F)cc5)CC4)ccc2C3)cc1. The van der Waals surface area contributed by atoms with Crippen molar-refractivity contribution in [2.75, 3.05) is 26.2 Å². The number of amides is 1. The number of nitrogens with zero attached hydrogens (tertiary/aromatic N) is 2. The molecular formula is C34H36FN3O2. The third kappa shape index (κ3) is 5.93. The second kappa shape index (κ2) is 11.5. The summed E-state index contributed by atoms with van der Waals surface area (Å²) in [5, 5.41) is 0. The van der Waals surface area contributed by atoms with Crippen molar-refractivity contribution in [3.63, 3.8) is 0 Å². The van der Waals surface area contributed by atoms with E-state index >= 15 is 0 Å². The molecule has 1 fully saturated rings. The number of carbonyl (C=O) groups is 2. The lowest BCUT2D eigenvalue weighted by molar-refractivity contribution is 0.0924. The maximum atomic E-state index is 13.3. The van der Waals surface area contributed by atoms with Crippen LogP contribution in [0.3, 0.4) is 0 Å². The van der Waals surface area contributed by atoms with Crippen LogP contribution in [-0.2, 0) is 19.5 Å². The van der Waals surface area contributed by atoms with Crippen LogP contribution in [0.4, 0.5) is 4.39 Å². The number of nitrogens with two attached hydrogens (primary N) is 1. The number of halogens is 1. The molecule has 6 rings (SSSR count). The van der Waals surface area contributed by atoms with Crippen LogP contribution < -0.4 is 5.73 Å². The Labute approximate surface area is 235 Å². The van der Waals surface area contributed by atoms with Crippen LogP contribution in [0.5, 0.6) is 0 Å². The molecule has 5 nitrogen and oxygen atoms in total. The van der Waals surface area contributed by atoms with Gasteiger partial charge in [-0.05, 0) is 103 Å². The minimum atomic E-state index is -0.403.